The highest BCUT2D eigenvalue weighted by Crippen LogP contribution is 2.27. The molecule has 0 heterocycles. The van der Waals surface area contributed by atoms with Crippen molar-refractivity contribution in [2.75, 3.05) is 7.05 Å². The maximum Gasteiger partial charge on any atom is 0.0804 e. The van der Waals surface area contributed by atoms with Crippen molar-refractivity contribution in [2.24, 2.45) is 0 Å². The Morgan fingerprint density at radius 3 is 2.52 bits per heavy atom. The Morgan fingerprint density at radius 1 is 1.13 bits per heavy atom. The third kappa shape index (κ3) is 9.90. The summed E-state index contributed by atoms with van der Waals surface area (Å²) in [5.74, 6) is 0. The number of hydrogen-bond acceptors (Lipinski definition) is 1. The molecule has 1 heteroatoms. The molecule has 1 unspecified atom stereocenters. The molecule has 1 atom stereocenters. The Kier molecular flexibility index (Phi) is 13.1. The average Bonchev–Trinajstić information content (AvgIpc) is 3.02. The van der Waals surface area contributed by atoms with Gasteiger partial charge in [0.1, 0.15) is 0 Å². The smallest absolute Gasteiger partial charge is 0.0804 e. The largest absolute Gasteiger partial charge is 0.362 e. The average molecular weight is 418 g/mol. The predicted octanol–water partition coefficient (Wildman–Crippen LogP) is 8.78. The van der Waals surface area contributed by atoms with E-state index in [1.807, 2.05) is 6.08 Å². The molecule has 0 fully saturated rings. The summed E-state index contributed by atoms with van der Waals surface area (Å²) in [7, 11) is 2.10. The minimum atomic E-state index is 0.264. The fraction of sp³-hybridized carbons (Fsp3) is 0.433. The van der Waals surface area contributed by atoms with Crippen molar-refractivity contribution in [1.82, 2.24) is 4.90 Å². The highest BCUT2D eigenvalue weighted by Gasteiger charge is 2.11. The molecule has 0 amide bonds. The third-order valence-corrected chi connectivity index (χ3v) is 5.66. The molecule has 0 saturated heterocycles. The zero-order valence-corrected chi connectivity index (χ0v) is 20.6. The second-order valence-electron chi connectivity index (χ2n) is 8.18. The molecule has 168 valence electrons. The summed E-state index contributed by atoms with van der Waals surface area (Å²) >= 11 is 0. The predicted molar refractivity (Wildman–Crippen MR) is 140 cm³/mol. The summed E-state index contributed by atoms with van der Waals surface area (Å²) in [6, 6.07) is 0.264. The summed E-state index contributed by atoms with van der Waals surface area (Å²) in [6.45, 7) is 16.9. The van der Waals surface area contributed by atoms with E-state index in [-0.39, 0.29) is 6.04 Å². The van der Waals surface area contributed by atoms with Gasteiger partial charge in [0, 0.05) is 25.1 Å². The van der Waals surface area contributed by atoms with Crippen LogP contribution in [-0.2, 0) is 0 Å². The lowest BCUT2D eigenvalue weighted by Crippen LogP contribution is -2.25. The van der Waals surface area contributed by atoms with Crippen LogP contribution >= 0.6 is 0 Å². The van der Waals surface area contributed by atoms with Crippen molar-refractivity contribution < 1.29 is 0 Å². The van der Waals surface area contributed by atoms with Crippen molar-refractivity contribution in [3.63, 3.8) is 0 Å². The highest BCUT2D eigenvalue weighted by molar-refractivity contribution is 5.41. The molecule has 0 saturated carbocycles. The molecule has 1 aliphatic carbocycles. The Hall–Kier alpha value is -2.50. The SMILES string of the molecule is C=CC(C)N(C)C1=C=C(CC(=C\C)/C(=C/CCC)CCC(=C)C/C=C\CC)C=CC=C1. The first-order chi connectivity index (χ1) is 15.0. The van der Waals surface area contributed by atoms with E-state index in [9.17, 15) is 0 Å². The van der Waals surface area contributed by atoms with Crippen molar-refractivity contribution in [1.29, 1.82) is 0 Å². The zero-order chi connectivity index (χ0) is 23.1. The van der Waals surface area contributed by atoms with Crippen LogP contribution in [0.5, 0.6) is 0 Å². The number of likely N-dealkylation sites (N-methyl/N-ethyl adjacent to an activating group) is 1. The Balaban J connectivity index is 3.05. The Morgan fingerprint density at radius 2 is 1.87 bits per heavy atom. The van der Waals surface area contributed by atoms with Gasteiger partial charge in [-0.15, -0.1) is 6.58 Å². The van der Waals surface area contributed by atoms with Gasteiger partial charge < -0.3 is 4.90 Å². The molecule has 1 rings (SSSR count). The highest BCUT2D eigenvalue weighted by atomic mass is 15.1. The summed E-state index contributed by atoms with van der Waals surface area (Å²) in [6.07, 6.45) is 27.0. The van der Waals surface area contributed by atoms with E-state index in [2.05, 4.69) is 107 Å². The van der Waals surface area contributed by atoms with Crippen molar-refractivity contribution in [2.45, 2.75) is 78.7 Å². The molecule has 0 spiro atoms. The fourth-order valence-corrected chi connectivity index (χ4v) is 3.40. The first kappa shape index (κ1) is 26.5. The van der Waals surface area contributed by atoms with Crippen molar-refractivity contribution >= 4 is 0 Å². The minimum Gasteiger partial charge on any atom is -0.362 e. The van der Waals surface area contributed by atoms with E-state index in [4.69, 9.17) is 0 Å². The van der Waals surface area contributed by atoms with E-state index < -0.39 is 0 Å². The van der Waals surface area contributed by atoms with Gasteiger partial charge in [-0.3, -0.25) is 0 Å². The Labute approximate surface area is 192 Å². The molecule has 0 aromatic carbocycles. The van der Waals surface area contributed by atoms with E-state index in [0.717, 1.165) is 44.2 Å². The third-order valence-electron chi connectivity index (χ3n) is 5.66. The van der Waals surface area contributed by atoms with Crippen LogP contribution in [0.2, 0.25) is 0 Å². The van der Waals surface area contributed by atoms with E-state index in [1.54, 1.807) is 0 Å². The lowest BCUT2D eigenvalue weighted by Gasteiger charge is -2.24. The molecule has 0 aromatic heterocycles. The maximum absolute atomic E-state index is 4.29. The standard InChI is InChI=1S/C30H43N/c1-8-12-14-17-25(5)21-22-29(19-13-9-2)28(11-4)23-27-18-15-16-20-30(24-27)31(7)26(6)10-3/h10-12,14-16,18-20,26H,3,5,8-9,13,17,21-23H2,1-2,4,6-7H3/b14-12-,28-11+,29-19+. The van der Waals surface area contributed by atoms with Gasteiger partial charge in [0.25, 0.3) is 0 Å². The molecular weight excluding hydrogens is 374 g/mol. The van der Waals surface area contributed by atoms with Gasteiger partial charge in [0.15, 0.2) is 0 Å². The van der Waals surface area contributed by atoms with Crippen LogP contribution in [-0.4, -0.2) is 18.0 Å². The second kappa shape index (κ2) is 15.3. The number of allylic oxidation sites excluding steroid dienone is 11. The van der Waals surface area contributed by atoms with Gasteiger partial charge in [-0.05, 0) is 63.2 Å². The normalized spacial score (nSPS) is 15.5. The van der Waals surface area contributed by atoms with Gasteiger partial charge in [-0.1, -0.05) is 86.8 Å². The lowest BCUT2D eigenvalue weighted by atomic mass is 9.92. The van der Waals surface area contributed by atoms with Crippen LogP contribution in [0, 0.1) is 0 Å². The second-order valence-corrected chi connectivity index (χ2v) is 8.18. The lowest BCUT2D eigenvalue weighted by molar-refractivity contribution is 0.385. The number of rotatable bonds is 14. The van der Waals surface area contributed by atoms with Crippen LogP contribution in [0.4, 0.5) is 0 Å². The van der Waals surface area contributed by atoms with Gasteiger partial charge in [0.05, 0.1) is 5.70 Å². The number of hydrogen-bond donors (Lipinski definition) is 0. The van der Waals surface area contributed by atoms with Crippen LogP contribution < -0.4 is 0 Å². The summed E-state index contributed by atoms with van der Waals surface area (Å²) in [5.41, 5.74) is 10.1. The molecule has 0 bridgehead atoms. The van der Waals surface area contributed by atoms with Crippen molar-refractivity contribution in [3.05, 3.63) is 102 Å². The van der Waals surface area contributed by atoms with Gasteiger partial charge in [0.2, 0.25) is 0 Å². The molecule has 0 radical (unpaired) electrons. The molecular formula is C30H43N. The van der Waals surface area contributed by atoms with Gasteiger partial charge >= 0.3 is 0 Å². The van der Waals surface area contributed by atoms with Crippen LogP contribution in [0.15, 0.2) is 102 Å². The first-order valence-electron chi connectivity index (χ1n) is 11.8. The van der Waals surface area contributed by atoms with E-state index in [0.29, 0.717) is 0 Å². The van der Waals surface area contributed by atoms with E-state index >= 15 is 0 Å². The summed E-state index contributed by atoms with van der Waals surface area (Å²) in [5, 5.41) is 0. The molecule has 0 N–H and O–H groups in total. The quantitative estimate of drug-likeness (QED) is 0.155. The molecule has 1 nitrogen and oxygen atoms in total. The zero-order valence-electron chi connectivity index (χ0n) is 20.6. The summed E-state index contributed by atoms with van der Waals surface area (Å²) < 4.78 is 0. The Bertz CT molecular complexity index is 803. The first-order valence-corrected chi connectivity index (χ1v) is 11.8. The maximum atomic E-state index is 4.29. The van der Waals surface area contributed by atoms with Crippen LogP contribution in [0.3, 0.4) is 0 Å². The monoisotopic (exact) mass is 417 g/mol. The van der Waals surface area contributed by atoms with Gasteiger partial charge in [-0.25, -0.2) is 0 Å². The topological polar surface area (TPSA) is 3.24 Å². The fourth-order valence-electron chi connectivity index (χ4n) is 3.40. The molecule has 1 aliphatic rings. The molecule has 0 aliphatic heterocycles. The van der Waals surface area contributed by atoms with E-state index in [1.165, 1.54) is 28.7 Å². The van der Waals surface area contributed by atoms with Crippen molar-refractivity contribution in [3.8, 4) is 0 Å². The number of unbranched alkanes of at least 4 members (excludes halogenated alkanes) is 1. The van der Waals surface area contributed by atoms with Gasteiger partial charge in [-0.2, -0.15) is 0 Å². The summed E-state index contributed by atoms with van der Waals surface area (Å²) in [4.78, 5) is 2.22. The molecule has 31 heavy (non-hydrogen) atoms. The molecule has 0 aromatic rings. The number of nitrogens with zero attached hydrogens (tertiary/aromatic N) is 1. The van der Waals surface area contributed by atoms with Crippen LogP contribution in [0.25, 0.3) is 0 Å². The minimum absolute atomic E-state index is 0.264. The van der Waals surface area contributed by atoms with Crippen LogP contribution in [0.1, 0.15) is 72.6 Å².